The summed E-state index contributed by atoms with van der Waals surface area (Å²) in [6.07, 6.45) is 4.02. The van der Waals surface area contributed by atoms with Crippen molar-refractivity contribution in [3.8, 4) is 0 Å². The van der Waals surface area contributed by atoms with Gasteiger partial charge in [-0.05, 0) is 155 Å². The van der Waals surface area contributed by atoms with Gasteiger partial charge in [0.25, 0.3) is 0 Å². The first kappa shape index (κ1) is 63.5. The predicted octanol–water partition coefficient (Wildman–Crippen LogP) is 6.80. The number of benzene rings is 6. The third kappa shape index (κ3) is 15.5. The first-order valence-corrected chi connectivity index (χ1v) is 31.7. The normalized spacial score (nSPS) is 20.8. The molecule has 0 saturated carbocycles. The Morgan fingerprint density at radius 1 is 0.461 bits per heavy atom. The fraction of sp³-hybridized carbons (Fsp3) is 0.362. The first-order valence-electron chi connectivity index (χ1n) is 30.9. The summed E-state index contributed by atoms with van der Waals surface area (Å²) < 4.78 is 0. The lowest BCUT2D eigenvalue weighted by molar-refractivity contribution is -0.144. The van der Waals surface area contributed by atoms with Crippen molar-refractivity contribution in [1.29, 1.82) is 0 Å². The van der Waals surface area contributed by atoms with Gasteiger partial charge in [-0.3, -0.25) is 28.8 Å². The van der Waals surface area contributed by atoms with Crippen molar-refractivity contribution in [2.45, 2.75) is 119 Å². The minimum Gasteiger partial charge on any atom is -0.346 e. The highest BCUT2D eigenvalue weighted by Gasteiger charge is 2.48. The zero-order valence-corrected chi connectivity index (χ0v) is 52.4. The smallest absolute Gasteiger partial charge is 0.247 e. The molecule has 0 radical (unpaired) electrons. The van der Waals surface area contributed by atoms with Crippen molar-refractivity contribution in [1.82, 2.24) is 51.5 Å². The lowest BCUT2D eigenvalue weighted by atomic mass is 9.98. The van der Waals surface area contributed by atoms with Gasteiger partial charge in [0.15, 0.2) is 10.2 Å². The minimum atomic E-state index is -0.981. The maximum absolute atomic E-state index is 14.8. The van der Waals surface area contributed by atoms with Crippen molar-refractivity contribution in [2.24, 2.45) is 0 Å². The van der Waals surface area contributed by atoms with E-state index in [9.17, 15) is 28.8 Å². The van der Waals surface area contributed by atoms with Gasteiger partial charge in [0.05, 0.1) is 24.2 Å². The molecule has 4 saturated heterocycles. The molecule has 4 heterocycles. The number of thiocarbonyl (C=S) groups is 2. The van der Waals surface area contributed by atoms with Crippen LogP contribution in [0.4, 0.5) is 11.4 Å². The molecular weight excluding hydrogens is 1160 g/mol. The number of carbonyl (C=O) groups is 6. The van der Waals surface area contributed by atoms with E-state index < -0.39 is 48.3 Å². The lowest BCUT2D eigenvalue weighted by Gasteiger charge is -2.40. The summed E-state index contributed by atoms with van der Waals surface area (Å²) in [4.78, 5) is 92.7. The Balaban J connectivity index is 0.756. The number of nitrogens with zero attached hydrogens (tertiary/aromatic N) is 4. The molecule has 464 valence electrons. The number of anilines is 2. The molecule has 4 aliphatic heterocycles. The van der Waals surface area contributed by atoms with Gasteiger partial charge in [-0.25, -0.2) is 0 Å². The van der Waals surface area contributed by atoms with Crippen molar-refractivity contribution < 1.29 is 28.8 Å². The molecule has 0 unspecified atom stereocenters. The Kier molecular flexibility index (Phi) is 21.1. The molecule has 10 rings (SSSR count). The van der Waals surface area contributed by atoms with Crippen LogP contribution in [0.25, 0.3) is 0 Å². The molecular formula is C69H80N12O6S2. The summed E-state index contributed by atoms with van der Waals surface area (Å²) in [5.41, 5.74) is 7.38. The second kappa shape index (κ2) is 29.6. The SMILES string of the molecule is CN[C@@H](C)C(=O)N[C@H]1CN(C(=S)Nc2ccc(Cc3ccc(NC(=S)N4CC[C@H]5CC[C@@H](C(=O)NC(c6ccccc6)c6ccccc6)N5C(=O)[C@@H](NC(=O)[C@H](C)NC)C4)cc3)cc2)CC[C@H]2CC[C@@H](C(=O)NC(c3ccccc3)c3ccccc3)N2C1=O. The Hall–Kier alpha value is -8.56. The highest BCUT2D eigenvalue weighted by atomic mass is 32.1. The highest BCUT2D eigenvalue weighted by Crippen LogP contribution is 2.34. The Bertz CT molecular complexity index is 3140. The van der Waals surface area contributed by atoms with E-state index in [0.29, 0.717) is 68.3 Å². The number of fused-ring (bicyclic) bond motifs is 2. The van der Waals surface area contributed by atoms with Gasteiger partial charge in [0.2, 0.25) is 35.4 Å². The van der Waals surface area contributed by atoms with Gasteiger partial charge in [0, 0.05) is 49.6 Å². The number of hydrogen-bond donors (Lipinski definition) is 8. The number of carbonyl (C=O) groups excluding carboxylic acids is 6. The van der Waals surface area contributed by atoms with E-state index >= 15 is 0 Å². The highest BCUT2D eigenvalue weighted by molar-refractivity contribution is 7.80. The van der Waals surface area contributed by atoms with Crippen LogP contribution in [0.1, 0.15) is 97.8 Å². The van der Waals surface area contributed by atoms with Crippen molar-refractivity contribution in [2.75, 3.05) is 50.9 Å². The third-order valence-corrected chi connectivity index (χ3v) is 18.5. The van der Waals surface area contributed by atoms with E-state index in [1.807, 2.05) is 180 Å². The van der Waals surface area contributed by atoms with Crippen LogP contribution in [0.2, 0.25) is 0 Å². The molecule has 8 N–H and O–H groups in total. The van der Waals surface area contributed by atoms with Crippen LogP contribution in [-0.4, -0.2) is 154 Å². The zero-order valence-electron chi connectivity index (χ0n) is 50.8. The molecule has 0 bridgehead atoms. The van der Waals surface area contributed by atoms with E-state index in [1.165, 1.54) is 0 Å². The van der Waals surface area contributed by atoms with Crippen LogP contribution in [-0.2, 0) is 35.2 Å². The summed E-state index contributed by atoms with van der Waals surface area (Å²) in [5.74, 6) is -1.79. The average Bonchev–Trinajstić information content (AvgIpc) is 1.97. The zero-order chi connectivity index (χ0) is 62.6. The van der Waals surface area contributed by atoms with E-state index in [4.69, 9.17) is 24.4 Å². The summed E-state index contributed by atoms with van der Waals surface area (Å²) in [6.45, 7) is 4.66. The van der Waals surface area contributed by atoms with Crippen LogP contribution in [0.5, 0.6) is 0 Å². The molecule has 20 heteroatoms. The van der Waals surface area contributed by atoms with Gasteiger partial charge in [-0.1, -0.05) is 146 Å². The van der Waals surface area contributed by atoms with E-state index in [0.717, 1.165) is 44.8 Å². The molecule has 0 spiro atoms. The number of likely N-dealkylation sites (N-methyl/N-ethyl adjacent to an activating group) is 2. The van der Waals surface area contributed by atoms with Gasteiger partial charge < -0.3 is 62.1 Å². The molecule has 6 aromatic carbocycles. The maximum atomic E-state index is 14.8. The van der Waals surface area contributed by atoms with E-state index in [1.54, 1.807) is 37.7 Å². The Morgan fingerprint density at radius 2 is 0.787 bits per heavy atom. The number of hydrogen-bond acceptors (Lipinski definition) is 10. The molecule has 18 nitrogen and oxygen atoms in total. The van der Waals surface area contributed by atoms with Gasteiger partial charge in [0.1, 0.15) is 24.2 Å². The predicted molar refractivity (Wildman–Crippen MR) is 354 cm³/mol. The monoisotopic (exact) mass is 1240 g/mol. The number of rotatable bonds is 18. The molecule has 4 fully saturated rings. The topological polar surface area (TPSA) is 212 Å². The summed E-state index contributed by atoms with van der Waals surface area (Å²) in [6, 6.07) is 49.3. The molecule has 0 aromatic heterocycles. The van der Waals surface area contributed by atoms with Crippen LogP contribution in [0.15, 0.2) is 170 Å². The maximum Gasteiger partial charge on any atom is 0.247 e. The van der Waals surface area contributed by atoms with Gasteiger partial charge in [-0.15, -0.1) is 0 Å². The van der Waals surface area contributed by atoms with Crippen LogP contribution in [0.3, 0.4) is 0 Å². The van der Waals surface area contributed by atoms with Gasteiger partial charge >= 0.3 is 0 Å². The van der Waals surface area contributed by atoms with Crippen molar-refractivity contribution in [3.05, 3.63) is 203 Å². The molecule has 0 aliphatic carbocycles. The third-order valence-electron chi connectivity index (χ3n) is 17.8. The van der Waals surface area contributed by atoms with Crippen molar-refractivity contribution in [3.63, 3.8) is 0 Å². The van der Waals surface area contributed by atoms with Crippen LogP contribution in [0, 0.1) is 0 Å². The summed E-state index contributed by atoms with van der Waals surface area (Å²) in [5, 5.41) is 26.1. The first-order chi connectivity index (χ1) is 43.2. The largest absolute Gasteiger partial charge is 0.346 e. The quantitative estimate of drug-likeness (QED) is 0.0417. The fourth-order valence-electron chi connectivity index (χ4n) is 12.5. The van der Waals surface area contributed by atoms with Crippen molar-refractivity contribution >= 4 is 81.5 Å². The minimum absolute atomic E-state index is 0.106. The fourth-order valence-corrected chi connectivity index (χ4v) is 13.1. The molecule has 6 aromatic rings. The summed E-state index contributed by atoms with van der Waals surface area (Å²) in [7, 11) is 3.38. The van der Waals surface area contributed by atoms with Crippen LogP contribution < -0.4 is 42.5 Å². The Morgan fingerprint density at radius 3 is 1.10 bits per heavy atom. The van der Waals surface area contributed by atoms with E-state index in [-0.39, 0.29) is 60.6 Å². The number of nitrogens with one attached hydrogen (secondary N) is 8. The number of amides is 6. The van der Waals surface area contributed by atoms with E-state index in [2.05, 4.69) is 42.5 Å². The lowest BCUT2D eigenvalue weighted by Crippen LogP contribution is -2.62. The second-order valence-corrected chi connectivity index (χ2v) is 24.3. The molecule has 4 aliphatic rings. The standard InChI is InChI=1S/C69H80N12O6S2/c1-44(70-3)62(82)74-56-42-78(39-37-54-33-35-58(80(54)66(56)86)64(84)76-60(48-17-9-5-10-18-48)49-19-11-6-12-20-49)68(88)72-52-29-25-46(26-30-52)41-47-27-31-53(32-28-47)73-69(89)79-40-38-55-34-36-59(81(55)67(87)57(43-79)75-63(83)45(2)71-4)65(85)77-61(50-21-13-7-14-22-50)51-23-15-8-16-24-51/h5-32,44-45,54-61,70-71H,33-43H2,1-4H3,(H,72,88)(H,73,89)(H,74,82)(H,75,83)(H,76,84)(H,77,85)/t44-,45-,54+,55+,56-,57-,58-,59-/m0/s1. The Labute approximate surface area is 532 Å². The summed E-state index contributed by atoms with van der Waals surface area (Å²) >= 11 is 12.1. The van der Waals surface area contributed by atoms with Crippen LogP contribution >= 0.6 is 24.4 Å². The molecule has 6 amide bonds. The second-order valence-electron chi connectivity index (χ2n) is 23.6. The van der Waals surface area contributed by atoms with Gasteiger partial charge in [-0.2, -0.15) is 0 Å². The average molecular weight is 1240 g/mol. The molecule has 8 atom stereocenters. The molecule has 89 heavy (non-hydrogen) atoms.